The zero-order valence-corrected chi connectivity index (χ0v) is 15.5. The zero-order valence-electron chi connectivity index (χ0n) is 15.5. The van der Waals surface area contributed by atoms with Crippen molar-refractivity contribution in [1.82, 2.24) is 4.90 Å². The number of benzene rings is 1. The zero-order chi connectivity index (χ0) is 18.1. The molecule has 1 heterocycles. The third kappa shape index (κ3) is 5.78. The van der Waals surface area contributed by atoms with E-state index >= 15 is 0 Å². The van der Waals surface area contributed by atoms with Crippen molar-refractivity contribution in [3.8, 4) is 11.5 Å². The van der Waals surface area contributed by atoms with E-state index in [1.807, 2.05) is 23.1 Å². The van der Waals surface area contributed by atoms with Gasteiger partial charge >= 0.3 is 0 Å². The molecular formula is C20H29NO4. The third-order valence-electron chi connectivity index (χ3n) is 4.35. The highest BCUT2D eigenvalue weighted by Crippen LogP contribution is 2.25. The number of carbonyl (C=O) groups is 1. The molecule has 5 nitrogen and oxygen atoms in total. The molecule has 5 heteroatoms. The van der Waals surface area contributed by atoms with E-state index in [2.05, 4.69) is 6.92 Å². The summed E-state index contributed by atoms with van der Waals surface area (Å²) in [5.41, 5.74) is 0.849. The van der Waals surface area contributed by atoms with Crippen molar-refractivity contribution in [2.75, 3.05) is 33.9 Å². The second-order valence-corrected chi connectivity index (χ2v) is 6.21. The van der Waals surface area contributed by atoms with Gasteiger partial charge in [-0.25, -0.2) is 0 Å². The van der Waals surface area contributed by atoms with Crippen LogP contribution in [0.15, 0.2) is 24.3 Å². The molecule has 0 aliphatic carbocycles. The van der Waals surface area contributed by atoms with E-state index in [1.165, 1.54) is 6.42 Å². The molecule has 2 rings (SSSR count). The van der Waals surface area contributed by atoms with Gasteiger partial charge < -0.3 is 19.1 Å². The van der Waals surface area contributed by atoms with E-state index in [0.717, 1.165) is 43.7 Å². The van der Waals surface area contributed by atoms with Crippen molar-refractivity contribution in [2.45, 2.75) is 38.7 Å². The smallest absolute Gasteiger partial charge is 0.246 e. The number of amides is 1. The van der Waals surface area contributed by atoms with Crippen LogP contribution in [-0.4, -0.2) is 50.8 Å². The van der Waals surface area contributed by atoms with Crippen molar-refractivity contribution in [3.05, 3.63) is 29.8 Å². The first-order valence-electron chi connectivity index (χ1n) is 8.98. The van der Waals surface area contributed by atoms with Gasteiger partial charge in [0, 0.05) is 37.4 Å². The number of carbonyl (C=O) groups excluding carboxylic acids is 1. The molecule has 0 bridgehead atoms. The number of hydrogen-bond donors (Lipinski definition) is 0. The van der Waals surface area contributed by atoms with Gasteiger partial charge in [-0.1, -0.05) is 6.92 Å². The van der Waals surface area contributed by atoms with E-state index in [0.29, 0.717) is 12.3 Å². The summed E-state index contributed by atoms with van der Waals surface area (Å²) < 4.78 is 16.4. The number of rotatable bonds is 8. The average molecular weight is 347 g/mol. The van der Waals surface area contributed by atoms with E-state index in [1.54, 1.807) is 26.4 Å². The maximum Gasteiger partial charge on any atom is 0.246 e. The van der Waals surface area contributed by atoms with Crippen LogP contribution in [0.4, 0.5) is 0 Å². The Morgan fingerprint density at radius 2 is 2.16 bits per heavy atom. The van der Waals surface area contributed by atoms with Crippen LogP contribution >= 0.6 is 0 Å². The first kappa shape index (κ1) is 19.3. The van der Waals surface area contributed by atoms with Gasteiger partial charge in [0.05, 0.1) is 20.3 Å². The van der Waals surface area contributed by atoms with Crippen LogP contribution in [0, 0.1) is 0 Å². The summed E-state index contributed by atoms with van der Waals surface area (Å²) in [7, 11) is 3.22. The molecule has 1 aliphatic rings. The fourth-order valence-electron chi connectivity index (χ4n) is 2.98. The van der Waals surface area contributed by atoms with Gasteiger partial charge in [-0.15, -0.1) is 0 Å². The number of hydrogen-bond acceptors (Lipinski definition) is 4. The molecule has 1 aromatic carbocycles. The average Bonchev–Trinajstić information content (AvgIpc) is 2.66. The minimum absolute atomic E-state index is 0.00824. The largest absolute Gasteiger partial charge is 0.497 e. The molecule has 1 atom stereocenters. The van der Waals surface area contributed by atoms with Crippen LogP contribution in [0.2, 0.25) is 0 Å². The highest BCUT2D eigenvalue weighted by Gasteiger charge is 2.19. The molecule has 25 heavy (non-hydrogen) atoms. The Hall–Kier alpha value is -2.01. The third-order valence-corrected chi connectivity index (χ3v) is 4.35. The lowest BCUT2D eigenvalue weighted by Gasteiger charge is -2.29. The Kier molecular flexibility index (Phi) is 7.79. The van der Waals surface area contributed by atoms with Gasteiger partial charge in [-0.3, -0.25) is 4.79 Å². The summed E-state index contributed by atoms with van der Waals surface area (Å²) in [6, 6.07) is 5.55. The fraction of sp³-hybridized carbons (Fsp3) is 0.550. The molecule has 0 saturated carbocycles. The summed E-state index contributed by atoms with van der Waals surface area (Å²) in [4.78, 5) is 14.5. The molecule has 1 aliphatic heterocycles. The standard InChI is InChI=1S/C20H29NO4/c1-4-12-21(15-18-7-5-6-13-25-18)20(22)11-9-16-8-10-17(23-2)14-19(16)24-3/h8-11,14,18H,4-7,12-13,15H2,1-3H3. The van der Waals surface area contributed by atoms with Crippen LogP contribution < -0.4 is 9.47 Å². The summed E-state index contributed by atoms with van der Waals surface area (Å²) in [6.07, 6.45) is 7.83. The van der Waals surface area contributed by atoms with Crippen molar-refractivity contribution in [1.29, 1.82) is 0 Å². The molecule has 0 N–H and O–H groups in total. The fourth-order valence-corrected chi connectivity index (χ4v) is 2.98. The lowest BCUT2D eigenvalue weighted by Crippen LogP contribution is -2.39. The van der Waals surface area contributed by atoms with Crippen LogP contribution in [0.1, 0.15) is 38.2 Å². The molecule has 138 valence electrons. The lowest BCUT2D eigenvalue weighted by atomic mass is 10.1. The minimum atomic E-state index is 0.00824. The quantitative estimate of drug-likeness (QED) is 0.675. The monoisotopic (exact) mass is 347 g/mol. The van der Waals surface area contributed by atoms with Gasteiger partial charge in [-0.2, -0.15) is 0 Å². The van der Waals surface area contributed by atoms with Crippen LogP contribution in [0.25, 0.3) is 6.08 Å². The second kappa shape index (κ2) is 10.1. The SMILES string of the molecule is CCCN(CC1CCCCO1)C(=O)C=Cc1ccc(OC)cc1OC. The first-order valence-corrected chi connectivity index (χ1v) is 8.98. The molecule has 1 aromatic rings. The number of nitrogens with zero attached hydrogens (tertiary/aromatic N) is 1. The van der Waals surface area contributed by atoms with Crippen LogP contribution in [0.3, 0.4) is 0 Å². The summed E-state index contributed by atoms with van der Waals surface area (Å²) in [5.74, 6) is 1.41. The first-order chi connectivity index (χ1) is 12.2. The molecule has 0 spiro atoms. The summed E-state index contributed by atoms with van der Waals surface area (Å²) in [5, 5.41) is 0. The number of methoxy groups -OCH3 is 2. The highest BCUT2D eigenvalue weighted by molar-refractivity contribution is 5.92. The van der Waals surface area contributed by atoms with E-state index in [9.17, 15) is 4.79 Å². The number of ether oxygens (including phenoxy) is 3. The van der Waals surface area contributed by atoms with Gasteiger partial charge in [-0.05, 0) is 43.9 Å². The normalized spacial score (nSPS) is 17.5. The lowest BCUT2D eigenvalue weighted by molar-refractivity contribution is -0.128. The van der Waals surface area contributed by atoms with Crippen LogP contribution in [-0.2, 0) is 9.53 Å². The molecule has 1 amide bonds. The maximum atomic E-state index is 12.6. The van der Waals surface area contributed by atoms with Crippen molar-refractivity contribution in [3.63, 3.8) is 0 Å². The topological polar surface area (TPSA) is 48.0 Å². The van der Waals surface area contributed by atoms with Gasteiger partial charge in [0.1, 0.15) is 11.5 Å². The molecular weight excluding hydrogens is 318 g/mol. The summed E-state index contributed by atoms with van der Waals surface area (Å²) >= 11 is 0. The van der Waals surface area contributed by atoms with Crippen molar-refractivity contribution in [2.24, 2.45) is 0 Å². The second-order valence-electron chi connectivity index (χ2n) is 6.21. The van der Waals surface area contributed by atoms with E-state index < -0.39 is 0 Å². The Bertz CT molecular complexity index is 579. The van der Waals surface area contributed by atoms with Crippen molar-refractivity contribution >= 4 is 12.0 Å². The van der Waals surface area contributed by atoms with Gasteiger partial charge in [0.25, 0.3) is 0 Å². The van der Waals surface area contributed by atoms with Gasteiger partial charge in [0.15, 0.2) is 0 Å². The maximum absolute atomic E-state index is 12.6. The van der Waals surface area contributed by atoms with E-state index in [-0.39, 0.29) is 12.0 Å². The Labute approximate surface area is 150 Å². The van der Waals surface area contributed by atoms with Crippen molar-refractivity contribution < 1.29 is 19.0 Å². The van der Waals surface area contributed by atoms with Gasteiger partial charge in [0.2, 0.25) is 5.91 Å². The molecule has 1 unspecified atom stereocenters. The summed E-state index contributed by atoms with van der Waals surface area (Å²) in [6.45, 7) is 4.29. The molecule has 0 aromatic heterocycles. The van der Waals surface area contributed by atoms with E-state index in [4.69, 9.17) is 14.2 Å². The molecule has 1 saturated heterocycles. The predicted molar refractivity (Wildman–Crippen MR) is 99.0 cm³/mol. The Morgan fingerprint density at radius 3 is 2.80 bits per heavy atom. The Morgan fingerprint density at radius 1 is 1.32 bits per heavy atom. The minimum Gasteiger partial charge on any atom is -0.497 e. The highest BCUT2D eigenvalue weighted by atomic mass is 16.5. The Balaban J connectivity index is 2.04. The van der Waals surface area contributed by atoms with Crippen LogP contribution in [0.5, 0.6) is 11.5 Å². The molecule has 1 fully saturated rings. The molecule has 0 radical (unpaired) electrons. The predicted octanol–water partition coefficient (Wildman–Crippen LogP) is 3.52.